The first-order valence-electron chi connectivity index (χ1n) is 13.3. The number of alkyl halides is 3. The standard InChI is InChI=1S/C28H32F4N6O2/c1-4-40-23-11-22(36-13-21(23)29)17(2)38-16-27(5-6-27)24-19(12-34-15-28(30,31)32)9-18(10-20(24)25(38)39)14-37-8-7-35-26(37)33-3/h7-11,13,17,34H,4-6,12,14-16H2,1-3H3,(H,33,35)/t17-/m0/s1. The van der Waals surface area contributed by atoms with Crippen LogP contribution in [0.4, 0.5) is 23.5 Å². The number of nitrogens with one attached hydrogen (secondary N) is 2. The average Bonchev–Trinajstić information content (AvgIpc) is 3.53. The molecule has 8 nitrogen and oxygen atoms in total. The quantitative estimate of drug-likeness (QED) is 0.347. The predicted molar refractivity (Wildman–Crippen MR) is 141 cm³/mol. The minimum absolute atomic E-state index is 0.0136. The van der Waals surface area contributed by atoms with Crippen molar-refractivity contribution >= 4 is 11.9 Å². The van der Waals surface area contributed by atoms with Gasteiger partial charge in [-0.2, -0.15) is 13.2 Å². The highest BCUT2D eigenvalue weighted by Crippen LogP contribution is 2.55. The van der Waals surface area contributed by atoms with Gasteiger partial charge in [-0.3, -0.25) is 9.78 Å². The molecule has 1 fully saturated rings. The van der Waals surface area contributed by atoms with Gasteiger partial charge < -0.3 is 24.8 Å². The van der Waals surface area contributed by atoms with E-state index in [2.05, 4.69) is 20.6 Å². The van der Waals surface area contributed by atoms with E-state index < -0.39 is 24.6 Å². The van der Waals surface area contributed by atoms with E-state index >= 15 is 0 Å². The van der Waals surface area contributed by atoms with Crippen molar-refractivity contribution in [2.45, 2.75) is 57.4 Å². The summed E-state index contributed by atoms with van der Waals surface area (Å²) >= 11 is 0. The Balaban J connectivity index is 1.53. The normalized spacial score (nSPS) is 16.7. The zero-order valence-corrected chi connectivity index (χ0v) is 22.6. The molecule has 214 valence electrons. The molecule has 2 N–H and O–H groups in total. The molecule has 1 aliphatic carbocycles. The summed E-state index contributed by atoms with van der Waals surface area (Å²) in [7, 11) is 1.75. The molecule has 0 radical (unpaired) electrons. The molecule has 1 amide bonds. The van der Waals surface area contributed by atoms with Gasteiger partial charge in [0, 0.05) is 49.6 Å². The number of hydrogen-bond donors (Lipinski definition) is 2. The molecule has 1 saturated carbocycles. The molecule has 0 unspecified atom stereocenters. The van der Waals surface area contributed by atoms with Gasteiger partial charge in [0.15, 0.2) is 11.6 Å². The number of anilines is 1. The summed E-state index contributed by atoms with van der Waals surface area (Å²) in [6, 6.07) is 4.78. The number of amides is 1. The molecule has 3 aromatic rings. The summed E-state index contributed by atoms with van der Waals surface area (Å²) < 4.78 is 60.3. The number of halogens is 4. The van der Waals surface area contributed by atoms with Crippen molar-refractivity contribution < 1.29 is 27.1 Å². The van der Waals surface area contributed by atoms with Crippen molar-refractivity contribution in [1.82, 2.24) is 24.8 Å². The molecule has 12 heteroatoms. The van der Waals surface area contributed by atoms with Crippen LogP contribution in [-0.4, -0.2) is 58.3 Å². The van der Waals surface area contributed by atoms with Crippen molar-refractivity contribution in [3.63, 3.8) is 0 Å². The topological polar surface area (TPSA) is 84.3 Å². The highest BCUT2D eigenvalue weighted by atomic mass is 19.4. The summed E-state index contributed by atoms with van der Waals surface area (Å²) in [5.41, 5.74) is 2.92. The van der Waals surface area contributed by atoms with Gasteiger partial charge in [0.1, 0.15) is 0 Å². The summed E-state index contributed by atoms with van der Waals surface area (Å²) in [4.78, 5) is 24.3. The zero-order chi connectivity index (χ0) is 28.7. The molecule has 5 rings (SSSR count). The third kappa shape index (κ3) is 5.49. The third-order valence-electron chi connectivity index (χ3n) is 7.60. The summed E-state index contributed by atoms with van der Waals surface area (Å²) in [5, 5.41) is 5.53. The second kappa shape index (κ2) is 10.7. The van der Waals surface area contributed by atoms with Crippen LogP contribution in [0.5, 0.6) is 5.75 Å². The van der Waals surface area contributed by atoms with Crippen LogP contribution < -0.4 is 15.4 Å². The summed E-state index contributed by atoms with van der Waals surface area (Å²) in [6.07, 6.45) is 1.82. The first-order valence-corrected chi connectivity index (χ1v) is 13.3. The lowest BCUT2D eigenvalue weighted by Gasteiger charge is -2.39. The minimum atomic E-state index is -4.35. The number of ether oxygens (including phenoxy) is 1. The molecule has 2 aromatic heterocycles. The smallest absolute Gasteiger partial charge is 0.401 e. The van der Waals surface area contributed by atoms with E-state index in [1.807, 2.05) is 23.6 Å². The van der Waals surface area contributed by atoms with Crippen molar-refractivity contribution in [3.8, 4) is 5.75 Å². The van der Waals surface area contributed by atoms with Gasteiger partial charge in [0.2, 0.25) is 5.95 Å². The van der Waals surface area contributed by atoms with Crippen molar-refractivity contribution in [3.05, 3.63) is 70.6 Å². The molecule has 40 heavy (non-hydrogen) atoms. The lowest BCUT2D eigenvalue weighted by molar-refractivity contribution is -0.125. The number of rotatable bonds is 10. The van der Waals surface area contributed by atoms with Crippen LogP contribution in [0.1, 0.15) is 65.5 Å². The van der Waals surface area contributed by atoms with Crippen LogP contribution in [0, 0.1) is 5.82 Å². The maximum Gasteiger partial charge on any atom is 0.401 e. The second-order valence-electron chi connectivity index (χ2n) is 10.4. The summed E-state index contributed by atoms with van der Waals surface area (Å²) in [5.74, 6) is -0.108. The Bertz CT molecular complexity index is 1400. The molecule has 1 aromatic carbocycles. The minimum Gasteiger partial charge on any atom is -0.491 e. The van der Waals surface area contributed by atoms with Gasteiger partial charge >= 0.3 is 6.18 Å². The number of pyridine rings is 1. The number of aromatic nitrogens is 3. The highest BCUT2D eigenvalue weighted by Gasteiger charge is 2.53. The summed E-state index contributed by atoms with van der Waals surface area (Å²) in [6.45, 7) is 3.53. The van der Waals surface area contributed by atoms with E-state index in [0.717, 1.165) is 30.2 Å². The van der Waals surface area contributed by atoms with Crippen LogP contribution in [0.25, 0.3) is 0 Å². The Morgan fingerprint density at radius 1 is 1.20 bits per heavy atom. The maximum absolute atomic E-state index is 14.2. The number of benzene rings is 1. The van der Waals surface area contributed by atoms with Crippen molar-refractivity contribution in [2.75, 3.05) is 32.1 Å². The first kappa shape index (κ1) is 27.9. The van der Waals surface area contributed by atoms with Crippen LogP contribution >= 0.6 is 0 Å². The Hall–Kier alpha value is -3.67. The van der Waals surface area contributed by atoms with Gasteiger partial charge in [-0.25, -0.2) is 9.37 Å². The molecule has 1 aliphatic heterocycles. The second-order valence-corrected chi connectivity index (χ2v) is 10.4. The Morgan fingerprint density at radius 3 is 2.65 bits per heavy atom. The van der Waals surface area contributed by atoms with E-state index in [1.165, 1.54) is 6.07 Å². The molecule has 3 heterocycles. The van der Waals surface area contributed by atoms with Gasteiger partial charge in [-0.15, -0.1) is 0 Å². The maximum atomic E-state index is 14.2. The SMILES string of the molecule is CCOc1cc([C@H](C)N2CC3(CC3)c3c(CNCC(F)(F)F)cc(Cn4ccnc4NC)cc3C2=O)ncc1F. The predicted octanol–water partition coefficient (Wildman–Crippen LogP) is 4.81. The molecule has 2 aliphatic rings. The lowest BCUT2D eigenvalue weighted by atomic mass is 9.81. The molecular formula is C28H32F4N6O2. The fourth-order valence-corrected chi connectivity index (χ4v) is 5.59. The largest absolute Gasteiger partial charge is 0.491 e. The average molecular weight is 561 g/mol. The van der Waals surface area contributed by atoms with Gasteiger partial charge in [-0.1, -0.05) is 6.07 Å². The van der Waals surface area contributed by atoms with E-state index in [-0.39, 0.29) is 30.2 Å². The number of carbonyl (C=O) groups is 1. The molecule has 0 bridgehead atoms. The Kier molecular flexibility index (Phi) is 7.47. The molecular weight excluding hydrogens is 528 g/mol. The van der Waals surface area contributed by atoms with Crippen LogP contribution in [0.2, 0.25) is 0 Å². The Labute approximate surface area is 229 Å². The number of fused-ring (bicyclic) bond motifs is 2. The van der Waals surface area contributed by atoms with Gasteiger partial charge in [0.05, 0.1) is 37.6 Å². The molecule has 1 spiro atoms. The van der Waals surface area contributed by atoms with Gasteiger partial charge in [0.25, 0.3) is 5.91 Å². The highest BCUT2D eigenvalue weighted by molar-refractivity contribution is 5.98. The first-order chi connectivity index (χ1) is 19.0. The third-order valence-corrected chi connectivity index (χ3v) is 7.60. The van der Waals surface area contributed by atoms with E-state index in [9.17, 15) is 22.4 Å². The Morgan fingerprint density at radius 2 is 1.98 bits per heavy atom. The monoisotopic (exact) mass is 560 g/mol. The van der Waals surface area contributed by atoms with Crippen LogP contribution in [-0.2, 0) is 18.5 Å². The van der Waals surface area contributed by atoms with Crippen LogP contribution in [0.15, 0.2) is 36.8 Å². The fourth-order valence-electron chi connectivity index (χ4n) is 5.59. The number of carbonyl (C=O) groups excluding carboxylic acids is 1. The lowest BCUT2D eigenvalue weighted by Crippen LogP contribution is -2.45. The van der Waals surface area contributed by atoms with E-state index in [1.54, 1.807) is 31.3 Å². The van der Waals surface area contributed by atoms with Crippen LogP contribution in [0.3, 0.4) is 0 Å². The van der Waals surface area contributed by atoms with Gasteiger partial charge in [-0.05, 0) is 49.4 Å². The van der Waals surface area contributed by atoms with E-state index in [0.29, 0.717) is 35.9 Å². The number of hydrogen-bond acceptors (Lipinski definition) is 6. The molecule has 0 saturated heterocycles. The zero-order valence-electron chi connectivity index (χ0n) is 22.6. The van der Waals surface area contributed by atoms with Crippen molar-refractivity contribution in [2.24, 2.45) is 0 Å². The number of imidazole rings is 1. The van der Waals surface area contributed by atoms with E-state index in [4.69, 9.17) is 4.74 Å². The number of nitrogens with zero attached hydrogens (tertiary/aromatic N) is 4. The fraction of sp³-hybridized carbons (Fsp3) is 0.464. The molecule has 1 atom stereocenters. The van der Waals surface area contributed by atoms with Crippen molar-refractivity contribution in [1.29, 1.82) is 0 Å².